The number of hydrogen-bond acceptors (Lipinski definition) is 5. The average Bonchev–Trinajstić information content (AvgIpc) is 2.68. The van der Waals surface area contributed by atoms with Crippen molar-refractivity contribution < 1.29 is 9.53 Å². The molecule has 0 saturated carbocycles. The van der Waals surface area contributed by atoms with Crippen molar-refractivity contribution in [1.29, 1.82) is 0 Å². The van der Waals surface area contributed by atoms with Crippen LogP contribution < -0.4 is 11.2 Å². The summed E-state index contributed by atoms with van der Waals surface area (Å²) in [6.45, 7) is 2.66. The van der Waals surface area contributed by atoms with Gasteiger partial charge in [0.25, 0.3) is 5.91 Å². The number of nitrogens with one attached hydrogen (secondary N) is 1. The highest BCUT2D eigenvalue weighted by Gasteiger charge is 2.22. The van der Waals surface area contributed by atoms with E-state index in [-0.39, 0.29) is 23.1 Å². The lowest BCUT2D eigenvalue weighted by Crippen LogP contribution is -2.24. The van der Waals surface area contributed by atoms with Crippen LogP contribution in [0.5, 0.6) is 0 Å². The third-order valence-electron chi connectivity index (χ3n) is 4.95. The van der Waals surface area contributed by atoms with E-state index in [1.807, 2.05) is 0 Å². The van der Waals surface area contributed by atoms with Crippen LogP contribution >= 0.6 is 0 Å². The molecule has 0 radical (unpaired) electrons. The third-order valence-corrected chi connectivity index (χ3v) is 4.95. The van der Waals surface area contributed by atoms with Crippen molar-refractivity contribution in [2.24, 2.45) is 5.73 Å². The molecule has 1 saturated heterocycles. The first-order valence-electron chi connectivity index (χ1n) is 8.93. The fourth-order valence-corrected chi connectivity index (χ4v) is 3.47. The summed E-state index contributed by atoms with van der Waals surface area (Å²) in [4.78, 5) is 36.3. The fourth-order valence-electron chi connectivity index (χ4n) is 3.47. The number of primary amides is 1. The molecule has 2 atom stereocenters. The zero-order valence-electron chi connectivity index (χ0n) is 14.9. The monoisotopic (exact) mass is 364 g/mol. The Balaban J connectivity index is 1.81. The second-order valence-electron chi connectivity index (χ2n) is 6.86. The summed E-state index contributed by atoms with van der Waals surface area (Å²) < 4.78 is 5.74. The molecule has 7 nitrogen and oxygen atoms in total. The molecule has 2 unspecified atom stereocenters. The Morgan fingerprint density at radius 3 is 2.89 bits per heavy atom. The second-order valence-corrected chi connectivity index (χ2v) is 6.86. The Morgan fingerprint density at radius 1 is 1.30 bits per heavy atom. The number of H-pyrrole nitrogens is 1. The number of rotatable bonds is 3. The molecule has 1 aliphatic heterocycles. The molecule has 0 spiro atoms. The third kappa shape index (κ3) is 3.33. The van der Waals surface area contributed by atoms with E-state index in [1.54, 1.807) is 30.5 Å². The number of pyridine rings is 3. The zero-order chi connectivity index (χ0) is 19.0. The summed E-state index contributed by atoms with van der Waals surface area (Å²) in [5.74, 6) is -0.453. The fraction of sp³-hybridized carbons (Fsp3) is 0.300. The number of hydrogen-bond donors (Lipinski definition) is 2. The van der Waals surface area contributed by atoms with Crippen molar-refractivity contribution in [3.63, 3.8) is 0 Å². The van der Waals surface area contributed by atoms with Crippen LogP contribution in [0, 0.1) is 0 Å². The maximum atomic E-state index is 12.9. The molecule has 1 fully saturated rings. The van der Waals surface area contributed by atoms with E-state index in [0.717, 1.165) is 18.5 Å². The molecule has 0 bridgehead atoms. The molecule has 0 aromatic carbocycles. The molecule has 7 heteroatoms. The van der Waals surface area contributed by atoms with E-state index in [1.165, 1.54) is 6.07 Å². The van der Waals surface area contributed by atoms with Crippen LogP contribution in [0.4, 0.5) is 0 Å². The van der Waals surface area contributed by atoms with E-state index in [0.29, 0.717) is 28.9 Å². The number of carbonyl (C=O) groups excluding carboxylic acids is 1. The summed E-state index contributed by atoms with van der Waals surface area (Å²) in [5.41, 5.74) is 7.73. The first-order valence-corrected chi connectivity index (χ1v) is 8.93. The van der Waals surface area contributed by atoms with E-state index < -0.39 is 5.91 Å². The van der Waals surface area contributed by atoms with Crippen LogP contribution in [0.25, 0.3) is 22.3 Å². The van der Waals surface area contributed by atoms with E-state index in [4.69, 9.17) is 10.5 Å². The normalized spacial score (nSPS) is 19.9. The van der Waals surface area contributed by atoms with Crippen LogP contribution in [0.3, 0.4) is 0 Å². The van der Waals surface area contributed by atoms with Gasteiger partial charge in [-0.1, -0.05) is 6.07 Å². The number of aromatic nitrogens is 3. The van der Waals surface area contributed by atoms with Gasteiger partial charge in [-0.3, -0.25) is 14.6 Å². The molecular formula is C20H20N4O3. The number of nitrogens with two attached hydrogens (primary N) is 1. The lowest BCUT2D eigenvalue weighted by Gasteiger charge is -2.27. The van der Waals surface area contributed by atoms with Crippen molar-refractivity contribution in [3.05, 3.63) is 58.1 Å². The molecule has 4 heterocycles. The predicted octanol–water partition coefficient (Wildman–Crippen LogP) is 2.37. The maximum Gasteiger partial charge on any atom is 0.267 e. The minimum atomic E-state index is -0.625. The Morgan fingerprint density at radius 2 is 2.15 bits per heavy atom. The van der Waals surface area contributed by atoms with Gasteiger partial charge in [-0.25, -0.2) is 4.98 Å². The number of carbonyl (C=O) groups is 1. The molecule has 3 aromatic rings. The highest BCUT2D eigenvalue weighted by molar-refractivity contribution is 5.94. The van der Waals surface area contributed by atoms with E-state index >= 15 is 0 Å². The second kappa shape index (κ2) is 6.92. The lowest BCUT2D eigenvalue weighted by molar-refractivity contribution is 0.0147. The lowest BCUT2D eigenvalue weighted by atomic mass is 9.94. The molecule has 3 N–H and O–H groups in total. The molecular weight excluding hydrogens is 344 g/mol. The van der Waals surface area contributed by atoms with Crippen LogP contribution in [0.15, 0.2) is 41.3 Å². The number of amides is 1. The largest absolute Gasteiger partial charge is 0.378 e. The number of ether oxygens (including phenoxy) is 1. The predicted molar refractivity (Wildman–Crippen MR) is 102 cm³/mol. The Bertz CT molecular complexity index is 1070. The van der Waals surface area contributed by atoms with Gasteiger partial charge in [-0.2, -0.15) is 0 Å². The van der Waals surface area contributed by atoms with Gasteiger partial charge in [-0.15, -0.1) is 0 Å². The number of aromatic amines is 1. The molecule has 27 heavy (non-hydrogen) atoms. The Hall–Kier alpha value is -3.06. The minimum absolute atomic E-state index is 0.132. The zero-order valence-corrected chi connectivity index (χ0v) is 14.9. The van der Waals surface area contributed by atoms with Gasteiger partial charge in [-0.05, 0) is 38.0 Å². The van der Waals surface area contributed by atoms with Crippen molar-refractivity contribution >= 4 is 16.8 Å². The van der Waals surface area contributed by atoms with Crippen LogP contribution in [0.1, 0.15) is 41.9 Å². The number of nitrogens with zero attached hydrogens (tertiary/aromatic N) is 2. The molecule has 138 valence electrons. The van der Waals surface area contributed by atoms with Gasteiger partial charge in [0.05, 0.1) is 29.3 Å². The van der Waals surface area contributed by atoms with Crippen LogP contribution in [-0.4, -0.2) is 33.6 Å². The standard InChI is InChI=1S/C20H20N4O3/c1-11-5-6-12(10-27-11)16-9-17(25)18-13(23-16)7-8-22-19(18)14-3-2-4-15(24-14)20(21)26/h2-4,7-9,11-12H,5-6,10H2,1H3,(H2,21,26)(H,23,25). The molecule has 3 aromatic heterocycles. The maximum absolute atomic E-state index is 12.9. The van der Waals surface area contributed by atoms with Crippen molar-refractivity contribution in [2.75, 3.05) is 6.61 Å². The highest BCUT2D eigenvalue weighted by atomic mass is 16.5. The molecule has 1 amide bonds. The van der Waals surface area contributed by atoms with Crippen molar-refractivity contribution in [2.45, 2.75) is 31.8 Å². The first kappa shape index (κ1) is 17.4. The van der Waals surface area contributed by atoms with Crippen LogP contribution in [0.2, 0.25) is 0 Å². The summed E-state index contributed by atoms with van der Waals surface area (Å²) >= 11 is 0. The highest BCUT2D eigenvalue weighted by Crippen LogP contribution is 2.28. The summed E-state index contributed by atoms with van der Waals surface area (Å²) in [6, 6.07) is 8.30. The van der Waals surface area contributed by atoms with E-state index in [2.05, 4.69) is 21.9 Å². The number of fused-ring (bicyclic) bond motifs is 1. The van der Waals surface area contributed by atoms with Crippen molar-refractivity contribution in [3.8, 4) is 11.4 Å². The quantitative estimate of drug-likeness (QED) is 0.741. The average molecular weight is 364 g/mol. The van der Waals surface area contributed by atoms with Gasteiger partial charge < -0.3 is 15.5 Å². The molecule has 1 aliphatic rings. The minimum Gasteiger partial charge on any atom is -0.378 e. The molecule has 0 aliphatic carbocycles. The molecule has 4 rings (SSSR count). The van der Waals surface area contributed by atoms with Gasteiger partial charge in [0.1, 0.15) is 11.4 Å². The van der Waals surface area contributed by atoms with Crippen molar-refractivity contribution in [1.82, 2.24) is 15.0 Å². The van der Waals surface area contributed by atoms with Gasteiger partial charge in [0.15, 0.2) is 5.43 Å². The SMILES string of the molecule is CC1CCC(c2cc(=O)c3c(-c4cccc(C(N)=O)n4)nccc3[nH]2)CO1. The summed E-state index contributed by atoms with van der Waals surface area (Å²) in [6.07, 6.45) is 3.82. The smallest absolute Gasteiger partial charge is 0.267 e. The van der Waals surface area contributed by atoms with E-state index in [9.17, 15) is 9.59 Å². The van der Waals surface area contributed by atoms with Gasteiger partial charge in [0, 0.05) is 23.9 Å². The first-order chi connectivity index (χ1) is 13.0. The summed E-state index contributed by atoms with van der Waals surface area (Å²) in [5, 5.41) is 0.445. The Kier molecular flexibility index (Phi) is 4.45. The van der Waals surface area contributed by atoms with Gasteiger partial charge >= 0.3 is 0 Å². The van der Waals surface area contributed by atoms with Crippen LogP contribution in [-0.2, 0) is 4.74 Å². The summed E-state index contributed by atoms with van der Waals surface area (Å²) in [7, 11) is 0. The topological polar surface area (TPSA) is 111 Å². The van der Waals surface area contributed by atoms with Gasteiger partial charge in [0.2, 0.25) is 0 Å². The Labute approximate surface area is 155 Å².